The first-order valence-electron chi connectivity index (χ1n) is 11.1. The van der Waals surface area contributed by atoms with Gasteiger partial charge < -0.3 is 10.6 Å². The summed E-state index contributed by atoms with van der Waals surface area (Å²) < 4.78 is 0. The van der Waals surface area contributed by atoms with Crippen LogP contribution in [0.4, 0.5) is 4.79 Å². The van der Waals surface area contributed by atoms with Crippen molar-refractivity contribution < 1.29 is 14.4 Å². The second kappa shape index (κ2) is 7.89. The molecular weight excluding hydrogens is 368 g/mol. The highest BCUT2D eigenvalue weighted by molar-refractivity contribution is 6.09. The summed E-state index contributed by atoms with van der Waals surface area (Å²) in [5.74, 6) is -0.173. The molecule has 29 heavy (non-hydrogen) atoms. The number of nitrogens with zero attached hydrogens (tertiary/aromatic N) is 2. The fourth-order valence-corrected chi connectivity index (χ4v) is 5.78. The number of amides is 4. The number of piperidine rings is 1. The second-order valence-corrected chi connectivity index (χ2v) is 10.9. The van der Waals surface area contributed by atoms with Crippen LogP contribution < -0.4 is 10.6 Å². The van der Waals surface area contributed by atoms with Crippen LogP contribution in [-0.4, -0.2) is 64.9 Å². The van der Waals surface area contributed by atoms with Gasteiger partial charge in [0, 0.05) is 12.1 Å². The van der Waals surface area contributed by atoms with E-state index in [4.69, 9.17) is 0 Å². The molecule has 7 heteroatoms. The molecule has 2 aliphatic heterocycles. The Morgan fingerprint density at radius 2 is 1.83 bits per heavy atom. The van der Waals surface area contributed by atoms with Gasteiger partial charge in [0.2, 0.25) is 5.91 Å². The topological polar surface area (TPSA) is 81.8 Å². The number of imide groups is 1. The maximum atomic E-state index is 13.2. The fraction of sp³-hybridized carbons (Fsp3) is 0.864. The molecule has 3 aliphatic rings. The van der Waals surface area contributed by atoms with Gasteiger partial charge >= 0.3 is 6.03 Å². The molecule has 0 bridgehead atoms. The molecule has 3 rings (SSSR count). The van der Waals surface area contributed by atoms with E-state index in [-0.39, 0.29) is 29.3 Å². The monoisotopic (exact) mass is 406 g/mol. The zero-order chi connectivity index (χ0) is 21.4. The van der Waals surface area contributed by atoms with Crippen LogP contribution in [0, 0.1) is 11.3 Å². The summed E-state index contributed by atoms with van der Waals surface area (Å²) in [6.45, 7) is 13.1. The Kier molecular flexibility index (Phi) is 6.01. The van der Waals surface area contributed by atoms with Gasteiger partial charge in [-0.25, -0.2) is 4.79 Å². The quantitative estimate of drug-likeness (QED) is 0.688. The predicted octanol–water partition coefficient (Wildman–Crippen LogP) is 2.50. The first-order valence-corrected chi connectivity index (χ1v) is 11.1. The molecule has 164 valence electrons. The van der Waals surface area contributed by atoms with Crippen molar-refractivity contribution in [2.75, 3.05) is 26.2 Å². The molecule has 2 N–H and O–H groups in total. The van der Waals surface area contributed by atoms with Gasteiger partial charge in [-0.1, -0.05) is 27.2 Å². The molecule has 3 fully saturated rings. The molecule has 0 aromatic rings. The van der Waals surface area contributed by atoms with Crippen molar-refractivity contribution in [1.82, 2.24) is 20.4 Å². The molecule has 2 saturated heterocycles. The zero-order valence-electron chi connectivity index (χ0n) is 18.8. The summed E-state index contributed by atoms with van der Waals surface area (Å²) in [5.41, 5.74) is -1.01. The largest absolute Gasteiger partial charge is 0.353 e. The van der Waals surface area contributed by atoms with Gasteiger partial charge in [-0.3, -0.25) is 19.4 Å². The van der Waals surface area contributed by atoms with Crippen molar-refractivity contribution in [1.29, 1.82) is 0 Å². The Balaban J connectivity index is 1.59. The molecule has 1 spiro atoms. The number of nitrogens with one attached hydrogen (secondary N) is 2. The van der Waals surface area contributed by atoms with E-state index in [1.165, 1.54) is 19.3 Å². The number of carbonyl (C=O) groups excluding carboxylic acids is 3. The molecule has 4 amide bonds. The number of rotatable bonds is 5. The predicted molar refractivity (Wildman–Crippen MR) is 112 cm³/mol. The van der Waals surface area contributed by atoms with E-state index in [9.17, 15) is 14.4 Å². The minimum absolute atomic E-state index is 0.0165. The molecular formula is C22H38N4O3. The van der Waals surface area contributed by atoms with Crippen LogP contribution in [-0.2, 0) is 9.59 Å². The average molecular weight is 407 g/mol. The van der Waals surface area contributed by atoms with Crippen molar-refractivity contribution in [2.45, 2.75) is 84.2 Å². The lowest BCUT2D eigenvalue weighted by Crippen LogP contribution is -2.55. The SMILES string of the molecule is CC1CC(C)(C)CC2(C1)NC(=O)N(CC(=O)NCC(C)(C)N1CCCCC1)C2=O. The molecule has 7 nitrogen and oxygen atoms in total. The highest BCUT2D eigenvalue weighted by Crippen LogP contribution is 2.46. The summed E-state index contributed by atoms with van der Waals surface area (Å²) in [4.78, 5) is 41.8. The lowest BCUT2D eigenvalue weighted by molar-refractivity contribution is -0.137. The van der Waals surface area contributed by atoms with Crippen LogP contribution in [0.1, 0.15) is 73.1 Å². The van der Waals surface area contributed by atoms with E-state index in [2.05, 4.69) is 50.2 Å². The van der Waals surface area contributed by atoms with Crippen LogP contribution >= 0.6 is 0 Å². The fourth-order valence-electron chi connectivity index (χ4n) is 5.78. The summed E-state index contributed by atoms with van der Waals surface area (Å²) in [5, 5.41) is 5.88. The van der Waals surface area contributed by atoms with Gasteiger partial charge in [0.05, 0.1) is 0 Å². The molecule has 0 aromatic carbocycles. The second-order valence-electron chi connectivity index (χ2n) is 10.9. The van der Waals surface area contributed by atoms with Crippen molar-refractivity contribution in [3.8, 4) is 0 Å². The Bertz CT molecular complexity index is 669. The zero-order valence-corrected chi connectivity index (χ0v) is 18.8. The molecule has 2 unspecified atom stereocenters. The van der Waals surface area contributed by atoms with Gasteiger partial charge in [-0.05, 0) is 70.4 Å². The molecule has 0 aromatic heterocycles. The van der Waals surface area contributed by atoms with E-state index in [1.807, 2.05) is 0 Å². The van der Waals surface area contributed by atoms with Crippen LogP contribution in [0.15, 0.2) is 0 Å². The van der Waals surface area contributed by atoms with Gasteiger partial charge in [0.25, 0.3) is 5.91 Å². The third kappa shape index (κ3) is 4.76. The summed E-state index contributed by atoms with van der Waals surface area (Å²) in [7, 11) is 0. The minimum Gasteiger partial charge on any atom is -0.353 e. The number of hydrogen-bond donors (Lipinski definition) is 2. The summed E-state index contributed by atoms with van der Waals surface area (Å²) in [6.07, 6.45) is 5.94. The highest BCUT2D eigenvalue weighted by Gasteiger charge is 2.56. The van der Waals surface area contributed by atoms with Gasteiger partial charge in [0.1, 0.15) is 12.1 Å². The lowest BCUT2D eigenvalue weighted by Gasteiger charge is -2.43. The van der Waals surface area contributed by atoms with E-state index in [0.29, 0.717) is 25.3 Å². The third-order valence-electron chi connectivity index (χ3n) is 6.86. The first kappa shape index (κ1) is 22.1. The number of urea groups is 1. The van der Waals surface area contributed by atoms with Crippen LogP contribution in [0.3, 0.4) is 0 Å². The molecule has 0 radical (unpaired) electrons. The molecule has 1 aliphatic carbocycles. The van der Waals surface area contributed by atoms with Crippen LogP contribution in [0.2, 0.25) is 0 Å². The number of hydrogen-bond acceptors (Lipinski definition) is 4. The Morgan fingerprint density at radius 3 is 2.45 bits per heavy atom. The summed E-state index contributed by atoms with van der Waals surface area (Å²) in [6, 6.07) is -0.439. The maximum absolute atomic E-state index is 13.2. The Hall–Kier alpha value is -1.63. The normalized spacial score (nSPS) is 30.5. The first-order chi connectivity index (χ1) is 13.4. The smallest absolute Gasteiger partial charge is 0.325 e. The van der Waals surface area contributed by atoms with E-state index in [1.54, 1.807) is 0 Å². The molecule has 2 heterocycles. The van der Waals surface area contributed by atoms with E-state index >= 15 is 0 Å². The van der Waals surface area contributed by atoms with Gasteiger partial charge in [-0.2, -0.15) is 0 Å². The molecule has 1 saturated carbocycles. The van der Waals surface area contributed by atoms with Crippen molar-refractivity contribution in [2.24, 2.45) is 11.3 Å². The maximum Gasteiger partial charge on any atom is 0.325 e. The number of carbonyl (C=O) groups is 3. The van der Waals surface area contributed by atoms with Crippen molar-refractivity contribution >= 4 is 17.8 Å². The average Bonchev–Trinajstić information content (AvgIpc) is 2.82. The minimum atomic E-state index is -0.856. The lowest BCUT2D eigenvalue weighted by atomic mass is 9.64. The standard InChI is InChI=1S/C22H38N4O3/c1-16-11-20(2,3)14-22(12-16)18(28)26(19(29)24-22)13-17(27)23-15-21(4,5)25-9-7-6-8-10-25/h16H,6-15H2,1-5H3,(H,23,27)(H,24,29). The van der Waals surface area contributed by atoms with E-state index in [0.717, 1.165) is 24.4 Å². The van der Waals surface area contributed by atoms with Crippen molar-refractivity contribution in [3.05, 3.63) is 0 Å². The van der Waals surface area contributed by atoms with Crippen molar-refractivity contribution in [3.63, 3.8) is 0 Å². The number of likely N-dealkylation sites (tertiary alicyclic amines) is 1. The third-order valence-corrected chi connectivity index (χ3v) is 6.86. The highest BCUT2D eigenvalue weighted by atomic mass is 16.2. The Labute approximate surface area is 174 Å². The summed E-state index contributed by atoms with van der Waals surface area (Å²) >= 11 is 0. The Morgan fingerprint density at radius 1 is 1.17 bits per heavy atom. The van der Waals surface area contributed by atoms with Crippen LogP contribution in [0.5, 0.6) is 0 Å². The van der Waals surface area contributed by atoms with Gasteiger partial charge in [-0.15, -0.1) is 0 Å². The van der Waals surface area contributed by atoms with Crippen LogP contribution in [0.25, 0.3) is 0 Å². The van der Waals surface area contributed by atoms with E-state index < -0.39 is 11.6 Å². The molecule has 2 atom stereocenters. The van der Waals surface area contributed by atoms with Gasteiger partial charge in [0.15, 0.2) is 0 Å².